The van der Waals surface area contributed by atoms with Crippen molar-refractivity contribution >= 4 is 5.69 Å². The Labute approximate surface area is 112 Å². The minimum Gasteiger partial charge on any atom is -0.378 e. The van der Waals surface area contributed by atoms with Crippen molar-refractivity contribution in [1.29, 1.82) is 0 Å². The van der Waals surface area contributed by atoms with Gasteiger partial charge in [0.25, 0.3) is 0 Å². The van der Waals surface area contributed by atoms with Crippen LogP contribution in [0.2, 0.25) is 0 Å². The lowest BCUT2D eigenvalue weighted by molar-refractivity contribution is 0.224. The molecule has 0 fully saturated rings. The predicted octanol–water partition coefficient (Wildman–Crippen LogP) is 2.34. The average molecular weight is 249 g/mol. The molecule has 0 amide bonds. The molecule has 0 spiro atoms. The number of hydrogen-bond donors (Lipinski definition) is 1. The summed E-state index contributed by atoms with van der Waals surface area (Å²) < 4.78 is 0. The van der Waals surface area contributed by atoms with Crippen LogP contribution in [0.5, 0.6) is 0 Å². The molecule has 0 aliphatic rings. The van der Waals surface area contributed by atoms with Crippen LogP contribution < -0.4 is 10.6 Å². The lowest BCUT2D eigenvalue weighted by atomic mass is 10.0. The third-order valence-corrected chi connectivity index (χ3v) is 3.20. The van der Waals surface area contributed by atoms with E-state index in [4.69, 9.17) is 5.73 Å². The van der Waals surface area contributed by atoms with Crippen LogP contribution in [-0.4, -0.2) is 39.1 Å². The SMILES string of the molecule is CC(C)CN(C)C(CN)c1ccc(N(C)C)cc1. The summed E-state index contributed by atoms with van der Waals surface area (Å²) >= 11 is 0. The Kier molecular flexibility index (Phi) is 5.63. The largest absolute Gasteiger partial charge is 0.378 e. The molecule has 0 bridgehead atoms. The highest BCUT2D eigenvalue weighted by Crippen LogP contribution is 2.22. The van der Waals surface area contributed by atoms with Crippen LogP contribution in [0.25, 0.3) is 0 Å². The van der Waals surface area contributed by atoms with Gasteiger partial charge in [-0.15, -0.1) is 0 Å². The van der Waals surface area contributed by atoms with E-state index in [2.05, 4.69) is 69.1 Å². The van der Waals surface area contributed by atoms with E-state index in [1.165, 1.54) is 11.3 Å². The third-order valence-electron chi connectivity index (χ3n) is 3.20. The highest BCUT2D eigenvalue weighted by atomic mass is 15.1. The maximum absolute atomic E-state index is 5.93. The number of hydrogen-bond acceptors (Lipinski definition) is 3. The summed E-state index contributed by atoms with van der Waals surface area (Å²) in [6, 6.07) is 8.99. The number of nitrogens with two attached hydrogens (primary N) is 1. The van der Waals surface area contributed by atoms with Gasteiger partial charge in [0.15, 0.2) is 0 Å². The Morgan fingerprint density at radius 2 is 1.61 bits per heavy atom. The van der Waals surface area contributed by atoms with Crippen molar-refractivity contribution in [2.75, 3.05) is 39.1 Å². The van der Waals surface area contributed by atoms with Gasteiger partial charge in [0.1, 0.15) is 0 Å². The molecule has 0 radical (unpaired) electrons. The van der Waals surface area contributed by atoms with Gasteiger partial charge in [-0.05, 0) is 30.7 Å². The lowest BCUT2D eigenvalue weighted by Crippen LogP contribution is -2.33. The number of likely N-dealkylation sites (N-methyl/N-ethyl adjacent to an activating group) is 1. The first-order valence-corrected chi connectivity index (χ1v) is 6.63. The van der Waals surface area contributed by atoms with E-state index in [9.17, 15) is 0 Å². The van der Waals surface area contributed by atoms with Gasteiger partial charge in [-0.3, -0.25) is 4.90 Å². The van der Waals surface area contributed by atoms with Gasteiger partial charge in [0.05, 0.1) is 0 Å². The van der Waals surface area contributed by atoms with Crippen LogP contribution in [0.4, 0.5) is 5.69 Å². The average Bonchev–Trinajstić information content (AvgIpc) is 2.29. The van der Waals surface area contributed by atoms with Crippen LogP contribution in [0, 0.1) is 5.92 Å². The zero-order valence-corrected chi connectivity index (χ0v) is 12.4. The molecule has 1 aromatic rings. The van der Waals surface area contributed by atoms with E-state index < -0.39 is 0 Å². The quantitative estimate of drug-likeness (QED) is 0.840. The second-order valence-corrected chi connectivity index (χ2v) is 5.57. The summed E-state index contributed by atoms with van der Waals surface area (Å²) in [5, 5.41) is 0. The highest BCUT2D eigenvalue weighted by Gasteiger charge is 2.16. The molecule has 0 aliphatic carbocycles. The van der Waals surface area contributed by atoms with E-state index in [-0.39, 0.29) is 0 Å². The monoisotopic (exact) mass is 249 g/mol. The van der Waals surface area contributed by atoms with Gasteiger partial charge in [0.2, 0.25) is 0 Å². The molecule has 1 unspecified atom stereocenters. The summed E-state index contributed by atoms with van der Waals surface area (Å²) in [6.45, 7) is 6.19. The smallest absolute Gasteiger partial charge is 0.0467 e. The fourth-order valence-corrected chi connectivity index (χ4v) is 2.27. The van der Waals surface area contributed by atoms with Crippen molar-refractivity contribution in [3.05, 3.63) is 29.8 Å². The Morgan fingerprint density at radius 1 is 1.06 bits per heavy atom. The first kappa shape index (κ1) is 15.0. The molecule has 0 aromatic heterocycles. The van der Waals surface area contributed by atoms with Gasteiger partial charge in [-0.2, -0.15) is 0 Å². The van der Waals surface area contributed by atoms with E-state index in [1.807, 2.05) is 0 Å². The molecule has 102 valence electrons. The minimum absolute atomic E-state index is 0.309. The molecule has 1 atom stereocenters. The Morgan fingerprint density at radius 3 is 2.00 bits per heavy atom. The second kappa shape index (κ2) is 6.76. The first-order chi connectivity index (χ1) is 8.45. The molecule has 2 N–H and O–H groups in total. The predicted molar refractivity (Wildman–Crippen MR) is 80.0 cm³/mol. The van der Waals surface area contributed by atoms with Crippen LogP contribution in [0.3, 0.4) is 0 Å². The molecule has 18 heavy (non-hydrogen) atoms. The zero-order chi connectivity index (χ0) is 13.7. The molecule has 0 saturated carbocycles. The molecule has 0 aliphatic heterocycles. The van der Waals surface area contributed by atoms with E-state index in [0.717, 1.165) is 6.54 Å². The molecule has 3 nitrogen and oxygen atoms in total. The maximum atomic E-state index is 5.93. The summed E-state index contributed by atoms with van der Waals surface area (Å²) in [5.41, 5.74) is 8.45. The fourth-order valence-electron chi connectivity index (χ4n) is 2.27. The van der Waals surface area contributed by atoms with Gasteiger partial charge in [-0.25, -0.2) is 0 Å². The van der Waals surface area contributed by atoms with Crippen LogP contribution >= 0.6 is 0 Å². The van der Waals surface area contributed by atoms with Crippen molar-refractivity contribution in [2.24, 2.45) is 11.7 Å². The molecular weight excluding hydrogens is 222 g/mol. The van der Waals surface area contributed by atoms with Gasteiger partial charge >= 0.3 is 0 Å². The topological polar surface area (TPSA) is 32.5 Å². The molecule has 0 heterocycles. The van der Waals surface area contributed by atoms with Gasteiger partial charge in [-0.1, -0.05) is 26.0 Å². The van der Waals surface area contributed by atoms with E-state index in [1.54, 1.807) is 0 Å². The summed E-state index contributed by atoms with van der Waals surface area (Å²) in [5.74, 6) is 0.657. The van der Waals surface area contributed by atoms with Gasteiger partial charge < -0.3 is 10.6 Å². The Hall–Kier alpha value is -1.06. The summed E-state index contributed by atoms with van der Waals surface area (Å²) in [6.07, 6.45) is 0. The van der Waals surface area contributed by atoms with Crippen LogP contribution in [0.1, 0.15) is 25.5 Å². The molecule has 0 saturated heterocycles. The Balaban J connectivity index is 2.81. The molecule has 1 rings (SSSR count). The maximum Gasteiger partial charge on any atom is 0.0467 e. The van der Waals surface area contributed by atoms with Crippen molar-refractivity contribution < 1.29 is 0 Å². The number of rotatable bonds is 6. The number of benzene rings is 1. The zero-order valence-electron chi connectivity index (χ0n) is 12.4. The Bertz CT molecular complexity index is 343. The number of anilines is 1. The summed E-state index contributed by atoms with van der Waals surface area (Å²) in [7, 11) is 6.26. The molecule has 1 aromatic carbocycles. The van der Waals surface area contributed by atoms with Gasteiger partial charge in [0, 0.05) is 38.9 Å². The molecular formula is C15H27N3. The fraction of sp³-hybridized carbons (Fsp3) is 0.600. The van der Waals surface area contributed by atoms with Crippen LogP contribution in [-0.2, 0) is 0 Å². The first-order valence-electron chi connectivity index (χ1n) is 6.63. The highest BCUT2D eigenvalue weighted by molar-refractivity contribution is 5.46. The van der Waals surface area contributed by atoms with Crippen molar-refractivity contribution in [3.63, 3.8) is 0 Å². The second-order valence-electron chi connectivity index (χ2n) is 5.57. The van der Waals surface area contributed by atoms with Crippen molar-refractivity contribution in [2.45, 2.75) is 19.9 Å². The number of nitrogens with zero attached hydrogens (tertiary/aromatic N) is 2. The summed E-state index contributed by atoms with van der Waals surface area (Å²) in [4.78, 5) is 4.45. The van der Waals surface area contributed by atoms with Crippen molar-refractivity contribution in [1.82, 2.24) is 4.90 Å². The lowest BCUT2D eigenvalue weighted by Gasteiger charge is -2.29. The molecule has 3 heteroatoms. The van der Waals surface area contributed by atoms with E-state index >= 15 is 0 Å². The third kappa shape index (κ3) is 4.00. The van der Waals surface area contributed by atoms with E-state index in [0.29, 0.717) is 18.5 Å². The minimum atomic E-state index is 0.309. The standard InChI is InChI=1S/C15H27N3/c1-12(2)11-18(5)15(10-16)13-6-8-14(9-7-13)17(3)4/h6-9,12,15H,10-11,16H2,1-5H3. The van der Waals surface area contributed by atoms with Crippen molar-refractivity contribution in [3.8, 4) is 0 Å². The van der Waals surface area contributed by atoms with Crippen LogP contribution in [0.15, 0.2) is 24.3 Å². The normalized spacial score (nSPS) is 13.1.